The Morgan fingerprint density at radius 1 is 1.33 bits per heavy atom. The van der Waals surface area contributed by atoms with Crippen molar-refractivity contribution in [1.29, 1.82) is 0 Å². The number of amides is 1. The van der Waals surface area contributed by atoms with Gasteiger partial charge in [0, 0.05) is 31.6 Å². The van der Waals surface area contributed by atoms with E-state index in [1.807, 2.05) is 4.90 Å². The van der Waals surface area contributed by atoms with Gasteiger partial charge >= 0.3 is 6.36 Å². The van der Waals surface area contributed by atoms with E-state index in [1.165, 1.54) is 0 Å². The Labute approximate surface area is 151 Å². The predicted octanol–water partition coefficient (Wildman–Crippen LogP) is 2.44. The fourth-order valence-corrected chi connectivity index (χ4v) is 3.69. The minimum atomic E-state index is -4.99. The lowest BCUT2D eigenvalue weighted by Gasteiger charge is -2.49. The summed E-state index contributed by atoms with van der Waals surface area (Å²) in [6.45, 7) is 1.18. The maximum Gasteiger partial charge on any atom is 0.573 e. The highest BCUT2D eigenvalue weighted by atomic mass is 19.4. The lowest BCUT2D eigenvalue weighted by molar-refractivity contribution is -0.384. The zero-order chi connectivity index (χ0) is 19.4. The van der Waals surface area contributed by atoms with Gasteiger partial charge in [0.2, 0.25) is 5.91 Å². The minimum Gasteiger partial charge on any atom is -0.404 e. The van der Waals surface area contributed by atoms with E-state index in [9.17, 15) is 28.1 Å². The van der Waals surface area contributed by atoms with E-state index < -0.39 is 34.2 Å². The Bertz CT molecular complexity index is 780. The summed E-state index contributed by atoms with van der Waals surface area (Å²) < 4.78 is 47.3. The number of hydrogen-bond acceptors (Lipinski definition) is 6. The molecule has 1 amide bonds. The van der Waals surface area contributed by atoms with Crippen LogP contribution in [0, 0.1) is 10.1 Å². The zero-order valence-corrected chi connectivity index (χ0v) is 14.0. The van der Waals surface area contributed by atoms with Gasteiger partial charge in [0.05, 0.1) is 22.8 Å². The molecule has 2 atom stereocenters. The van der Waals surface area contributed by atoms with Crippen LogP contribution in [0.5, 0.6) is 5.75 Å². The van der Waals surface area contributed by atoms with Crippen molar-refractivity contribution < 1.29 is 32.4 Å². The molecule has 0 radical (unpaired) electrons. The van der Waals surface area contributed by atoms with Gasteiger partial charge < -0.3 is 14.8 Å². The predicted molar refractivity (Wildman–Crippen MR) is 85.2 cm³/mol. The third kappa shape index (κ3) is 3.44. The number of anilines is 1. The number of morpholine rings is 1. The molecule has 146 valence electrons. The molecule has 4 aliphatic rings. The average Bonchev–Trinajstić information content (AvgIpc) is 3.36. The van der Waals surface area contributed by atoms with Crippen LogP contribution in [0.15, 0.2) is 18.2 Å². The Morgan fingerprint density at radius 3 is 2.48 bits per heavy atom. The first-order chi connectivity index (χ1) is 12.7. The topological polar surface area (TPSA) is 93.9 Å². The fraction of sp³-hybridized carbons (Fsp3) is 0.562. The fourth-order valence-electron chi connectivity index (χ4n) is 3.69. The van der Waals surface area contributed by atoms with Gasteiger partial charge in [-0.2, -0.15) is 0 Å². The van der Waals surface area contributed by atoms with Crippen LogP contribution in [0.25, 0.3) is 0 Å². The molecule has 1 aliphatic carbocycles. The van der Waals surface area contributed by atoms with E-state index in [-0.39, 0.29) is 17.9 Å². The largest absolute Gasteiger partial charge is 0.573 e. The van der Waals surface area contributed by atoms with Crippen molar-refractivity contribution in [2.45, 2.75) is 43.4 Å². The van der Waals surface area contributed by atoms with E-state index in [4.69, 9.17) is 4.74 Å². The number of carbonyl (C=O) groups is 1. The van der Waals surface area contributed by atoms with Crippen molar-refractivity contribution in [3.63, 3.8) is 0 Å². The van der Waals surface area contributed by atoms with Crippen molar-refractivity contribution in [2.24, 2.45) is 0 Å². The monoisotopic (exact) mass is 387 g/mol. The second-order valence-corrected chi connectivity index (χ2v) is 6.99. The van der Waals surface area contributed by atoms with Crippen LogP contribution in [0.3, 0.4) is 0 Å². The van der Waals surface area contributed by atoms with Gasteiger partial charge in [0.1, 0.15) is 5.54 Å². The first-order valence-corrected chi connectivity index (χ1v) is 8.42. The molecule has 3 saturated heterocycles. The highest BCUT2D eigenvalue weighted by Gasteiger charge is 2.58. The molecule has 3 heterocycles. The van der Waals surface area contributed by atoms with E-state index in [2.05, 4.69) is 10.1 Å². The van der Waals surface area contributed by atoms with Crippen LogP contribution >= 0.6 is 0 Å². The number of nitro benzene ring substituents is 1. The molecule has 27 heavy (non-hydrogen) atoms. The van der Waals surface area contributed by atoms with E-state index >= 15 is 0 Å². The summed E-state index contributed by atoms with van der Waals surface area (Å²) in [6.07, 6.45) is -2.74. The number of hydrogen-bond donors (Lipinski definition) is 1. The van der Waals surface area contributed by atoms with Crippen molar-refractivity contribution >= 4 is 17.3 Å². The molecule has 2 bridgehead atoms. The van der Waals surface area contributed by atoms with Gasteiger partial charge in [-0.25, -0.2) is 0 Å². The molecule has 1 saturated carbocycles. The Kier molecular flexibility index (Phi) is 4.04. The molecule has 4 fully saturated rings. The lowest BCUT2D eigenvalue weighted by Crippen LogP contribution is -2.62. The van der Waals surface area contributed by atoms with Crippen molar-refractivity contribution in [2.75, 3.05) is 18.4 Å². The van der Waals surface area contributed by atoms with Crippen LogP contribution < -0.4 is 10.1 Å². The van der Waals surface area contributed by atoms with Gasteiger partial charge in [-0.1, -0.05) is 0 Å². The summed E-state index contributed by atoms with van der Waals surface area (Å²) >= 11 is 0. The van der Waals surface area contributed by atoms with Crippen molar-refractivity contribution in [3.05, 3.63) is 28.3 Å². The highest BCUT2D eigenvalue weighted by Crippen LogP contribution is 2.47. The molecule has 1 N–H and O–H groups in total. The van der Waals surface area contributed by atoms with Crippen LogP contribution in [0.1, 0.15) is 19.3 Å². The number of fused-ring (bicyclic) bond motifs is 2. The Hall–Kier alpha value is -2.40. The summed E-state index contributed by atoms with van der Waals surface area (Å²) in [5.41, 5.74) is -1.63. The van der Waals surface area contributed by atoms with Gasteiger partial charge in [-0.3, -0.25) is 19.8 Å². The summed E-state index contributed by atoms with van der Waals surface area (Å²) in [6, 6.07) is 2.58. The summed E-state index contributed by atoms with van der Waals surface area (Å²) in [5, 5.41) is 13.3. The molecule has 5 rings (SSSR count). The van der Waals surface area contributed by atoms with Gasteiger partial charge in [0.15, 0.2) is 5.75 Å². The maximum atomic E-state index is 12.8. The number of ether oxygens (including phenoxy) is 2. The second kappa shape index (κ2) is 6.06. The first-order valence-electron chi connectivity index (χ1n) is 8.42. The molecular weight excluding hydrogens is 371 g/mol. The number of nitrogens with one attached hydrogen (secondary N) is 1. The molecule has 0 spiro atoms. The normalized spacial score (nSPS) is 26.0. The van der Waals surface area contributed by atoms with Gasteiger partial charge in [0.25, 0.3) is 5.69 Å². The number of alkyl halides is 3. The van der Waals surface area contributed by atoms with E-state index in [1.54, 1.807) is 0 Å². The molecular formula is C16H16F3N3O5. The van der Waals surface area contributed by atoms with E-state index in [0.717, 1.165) is 24.6 Å². The van der Waals surface area contributed by atoms with Crippen LogP contribution in [0.4, 0.5) is 24.5 Å². The van der Waals surface area contributed by atoms with Crippen LogP contribution in [-0.2, 0) is 9.53 Å². The molecule has 1 aromatic rings. The third-order valence-electron chi connectivity index (χ3n) is 5.16. The van der Waals surface area contributed by atoms with E-state index in [0.29, 0.717) is 25.9 Å². The summed E-state index contributed by atoms with van der Waals surface area (Å²) in [4.78, 5) is 25.0. The standard InChI is InChI=1S/C16H16F3N3O5/c17-16(18,19)27-13-2-1-9(22(24)25)5-12(13)20-14(23)15(3-4-15)21-7-10-6-11(8-21)26-10/h1-2,5,10-11H,3-4,6-8H2,(H,20,23). The number of halogens is 3. The van der Waals surface area contributed by atoms with Crippen LogP contribution in [0.2, 0.25) is 0 Å². The highest BCUT2D eigenvalue weighted by molar-refractivity contribution is 6.01. The molecule has 3 aliphatic heterocycles. The zero-order valence-electron chi connectivity index (χ0n) is 14.0. The maximum absolute atomic E-state index is 12.8. The number of rotatable bonds is 5. The number of non-ortho nitro benzene ring substituents is 1. The first kappa shape index (κ1) is 18.0. The Morgan fingerprint density at radius 2 is 1.96 bits per heavy atom. The molecule has 0 aromatic heterocycles. The summed E-state index contributed by atoms with van der Waals surface area (Å²) in [7, 11) is 0. The molecule has 2 unspecified atom stereocenters. The Balaban J connectivity index is 1.56. The van der Waals surface area contributed by atoms with Gasteiger partial charge in [-0.15, -0.1) is 13.2 Å². The van der Waals surface area contributed by atoms with Crippen molar-refractivity contribution in [1.82, 2.24) is 4.90 Å². The molecule has 8 nitrogen and oxygen atoms in total. The average molecular weight is 387 g/mol. The number of nitrogens with zero attached hydrogens (tertiary/aromatic N) is 2. The number of nitro groups is 1. The van der Waals surface area contributed by atoms with Gasteiger partial charge in [-0.05, 0) is 18.9 Å². The number of benzene rings is 1. The quantitative estimate of drug-likeness (QED) is 0.616. The number of piperidine rings is 1. The van der Waals surface area contributed by atoms with Crippen LogP contribution in [-0.4, -0.2) is 52.9 Å². The molecule has 11 heteroatoms. The summed E-state index contributed by atoms with van der Waals surface area (Å²) in [5.74, 6) is -1.18. The SMILES string of the molecule is O=C(Nc1cc([N+](=O)[O-])ccc1OC(F)(F)F)C1(N2CC3CC(C2)O3)CC1. The lowest BCUT2D eigenvalue weighted by atomic mass is 9.96. The minimum absolute atomic E-state index is 0.0796. The van der Waals surface area contributed by atoms with Crippen molar-refractivity contribution in [3.8, 4) is 5.75 Å². The number of carbonyl (C=O) groups excluding carboxylic acids is 1. The smallest absolute Gasteiger partial charge is 0.404 e. The second-order valence-electron chi connectivity index (χ2n) is 6.99. The third-order valence-corrected chi connectivity index (χ3v) is 5.16. The molecule has 1 aromatic carbocycles.